The summed E-state index contributed by atoms with van der Waals surface area (Å²) in [6.07, 6.45) is -1.46. The van der Waals surface area contributed by atoms with Crippen molar-refractivity contribution in [3.8, 4) is 0 Å². The fourth-order valence-electron chi connectivity index (χ4n) is 3.71. The molecule has 1 unspecified atom stereocenters. The van der Waals surface area contributed by atoms with Gasteiger partial charge in [0.1, 0.15) is 19.0 Å². The van der Waals surface area contributed by atoms with Crippen molar-refractivity contribution in [3.63, 3.8) is 0 Å². The van der Waals surface area contributed by atoms with E-state index >= 15 is 0 Å². The number of aliphatic hydroxyl groups excluding tert-OH is 1. The zero-order valence-corrected chi connectivity index (χ0v) is 16.8. The van der Waals surface area contributed by atoms with E-state index in [2.05, 4.69) is 5.32 Å². The SMILES string of the molecule is CC(=O)[NH+]([O-])C[C@@H]1CN(c2ccc(N3C[C@H](C)[C@H](NC(=O)CO)C3)c(F)c2)C(=O)O1. The van der Waals surface area contributed by atoms with Crippen molar-refractivity contribution >= 4 is 29.3 Å². The average Bonchev–Trinajstić information content (AvgIpc) is 3.23. The number of rotatable bonds is 6. The Labute approximate surface area is 172 Å². The Morgan fingerprint density at radius 3 is 2.73 bits per heavy atom. The molecule has 3 N–H and O–H groups in total. The Hall–Kier alpha value is -2.76. The maximum Gasteiger partial charge on any atom is 0.414 e. The standard InChI is InChI=1S/C19H25FN4O6/c1-11-6-22(9-16(11)21-18(27)10-25)17-4-3-13(5-15(17)20)23-7-14(30-19(23)28)8-24(29)12(2)26/h3-5,11,14,16,24-25H,6-10H2,1-2H3,(H,21,27)/t11-,14-,16+/m0/s1. The maximum atomic E-state index is 14.8. The van der Waals surface area contributed by atoms with E-state index in [1.54, 1.807) is 17.0 Å². The van der Waals surface area contributed by atoms with Gasteiger partial charge in [0, 0.05) is 13.1 Å². The number of amides is 3. The van der Waals surface area contributed by atoms with Crippen LogP contribution in [0, 0.1) is 16.9 Å². The average molecular weight is 424 g/mol. The summed E-state index contributed by atoms with van der Waals surface area (Å²) in [5, 5.41) is 22.6. The minimum Gasteiger partial charge on any atom is -0.627 e. The van der Waals surface area contributed by atoms with E-state index in [-0.39, 0.29) is 30.7 Å². The second-order valence-electron chi connectivity index (χ2n) is 7.65. The molecule has 2 fully saturated rings. The summed E-state index contributed by atoms with van der Waals surface area (Å²) >= 11 is 0. The van der Waals surface area contributed by atoms with Gasteiger partial charge in [0.2, 0.25) is 5.91 Å². The molecule has 2 aliphatic heterocycles. The lowest BCUT2D eigenvalue weighted by Crippen LogP contribution is -3.10. The number of ether oxygens (including phenoxy) is 1. The number of hydrogen-bond acceptors (Lipinski definition) is 7. The Bertz CT molecular complexity index is 837. The van der Waals surface area contributed by atoms with Gasteiger partial charge >= 0.3 is 12.0 Å². The molecule has 11 heteroatoms. The third-order valence-corrected chi connectivity index (χ3v) is 5.37. The number of carbonyl (C=O) groups is 3. The predicted molar refractivity (Wildman–Crippen MR) is 104 cm³/mol. The van der Waals surface area contributed by atoms with Crippen molar-refractivity contribution in [2.45, 2.75) is 26.0 Å². The zero-order valence-electron chi connectivity index (χ0n) is 16.8. The van der Waals surface area contributed by atoms with Crippen LogP contribution in [-0.4, -0.2) is 67.9 Å². The monoisotopic (exact) mass is 424 g/mol. The van der Waals surface area contributed by atoms with Gasteiger partial charge in [-0.1, -0.05) is 6.92 Å². The molecule has 2 saturated heterocycles. The maximum absolute atomic E-state index is 14.8. The van der Waals surface area contributed by atoms with Gasteiger partial charge in [0.05, 0.1) is 30.9 Å². The number of hydrogen-bond donors (Lipinski definition) is 3. The summed E-state index contributed by atoms with van der Waals surface area (Å²) < 4.78 is 19.9. The van der Waals surface area contributed by atoms with E-state index in [1.807, 2.05) is 6.92 Å². The lowest BCUT2D eigenvalue weighted by atomic mass is 10.1. The highest BCUT2D eigenvalue weighted by molar-refractivity contribution is 5.90. The lowest BCUT2D eigenvalue weighted by molar-refractivity contribution is -0.768. The Balaban J connectivity index is 1.68. The first-order chi connectivity index (χ1) is 14.2. The zero-order chi connectivity index (χ0) is 22.0. The van der Waals surface area contributed by atoms with Crippen LogP contribution in [-0.2, 0) is 14.3 Å². The number of quaternary nitrogens is 1. The van der Waals surface area contributed by atoms with Crippen molar-refractivity contribution in [1.82, 2.24) is 5.32 Å². The summed E-state index contributed by atoms with van der Waals surface area (Å²) in [5.41, 5.74) is 0.624. The highest BCUT2D eigenvalue weighted by Crippen LogP contribution is 2.31. The van der Waals surface area contributed by atoms with Gasteiger partial charge < -0.3 is 30.3 Å². The molecule has 30 heavy (non-hydrogen) atoms. The number of carbonyl (C=O) groups excluding carboxylic acids is 3. The minimum atomic E-state index is -0.757. The van der Waals surface area contributed by atoms with Crippen LogP contribution in [0.25, 0.3) is 0 Å². The number of nitrogens with zero attached hydrogens (tertiary/aromatic N) is 2. The molecule has 3 rings (SSSR count). The first-order valence-corrected chi connectivity index (χ1v) is 9.66. The molecule has 2 heterocycles. The van der Waals surface area contributed by atoms with Crippen LogP contribution < -0.4 is 20.2 Å². The third kappa shape index (κ3) is 4.69. The first-order valence-electron chi connectivity index (χ1n) is 9.66. The highest BCUT2D eigenvalue weighted by Gasteiger charge is 2.36. The number of aliphatic hydroxyl groups is 1. The number of anilines is 2. The molecular weight excluding hydrogens is 399 g/mol. The molecule has 1 aromatic rings. The van der Waals surface area contributed by atoms with Crippen molar-refractivity contribution in [3.05, 3.63) is 29.2 Å². The molecule has 4 atom stereocenters. The van der Waals surface area contributed by atoms with E-state index in [9.17, 15) is 24.0 Å². The summed E-state index contributed by atoms with van der Waals surface area (Å²) in [5.74, 6) is -1.55. The topological polar surface area (TPSA) is 127 Å². The summed E-state index contributed by atoms with van der Waals surface area (Å²) in [4.78, 5) is 37.7. The number of cyclic esters (lactones) is 1. The van der Waals surface area contributed by atoms with Gasteiger partial charge in [-0.3, -0.25) is 9.69 Å². The van der Waals surface area contributed by atoms with Crippen LogP contribution in [0.2, 0.25) is 0 Å². The molecule has 0 radical (unpaired) electrons. The van der Waals surface area contributed by atoms with E-state index < -0.39 is 41.5 Å². The summed E-state index contributed by atoms with van der Waals surface area (Å²) in [6, 6.07) is 4.14. The van der Waals surface area contributed by atoms with Crippen LogP contribution >= 0.6 is 0 Å². The Kier molecular flexibility index (Phi) is 6.54. The van der Waals surface area contributed by atoms with Crippen molar-refractivity contribution in [1.29, 1.82) is 0 Å². The van der Waals surface area contributed by atoms with Crippen molar-refractivity contribution < 1.29 is 33.7 Å². The summed E-state index contributed by atoms with van der Waals surface area (Å²) in [6.45, 7) is 3.24. The molecule has 0 spiro atoms. The van der Waals surface area contributed by atoms with Gasteiger partial charge in [0.25, 0.3) is 0 Å². The van der Waals surface area contributed by atoms with Crippen LogP contribution in [0.1, 0.15) is 13.8 Å². The normalized spacial score (nSPS) is 24.7. The predicted octanol–water partition coefficient (Wildman–Crippen LogP) is -0.987. The second-order valence-corrected chi connectivity index (χ2v) is 7.65. The number of hydroxylamine groups is 2. The molecule has 2 aliphatic rings. The van der Waals surface area contributed by atoms with Crippen LogP contribution in [0.15, 0.2) is 18.2 Å². The molecule has 0 aliphatic carbocycles. The Morgan fingerprint density at radius 1 is 1.37 bits per heavy atom. The molecule has 0 aromatic heterocycles. The van der Waals surface area contributed by atoms with Gasteiger partial charge in [0.15, 0.2) is 6.10 Å². The van der Waals surface area contributed by atoms with Gasteiger partial charge in [-0.25, -0.2) is 14.0 Å². The minimum absolute atomic E-state index is 0.0483. The van der Waals surface area contributed by atoms with Crippen LogP contribution in [0.4, 0.5) is 20.6 Å². The smallest absolute Gasteiger partial charge is 0.414 e. The molecule has 0 saturated carbocycles. The molecule has 1 aromatic carbocycles. The van der Waals surface area contributed by atoms with Crippen LogP contribution in [0.3, 0.4) is 0 Å². The fraction of sp³-hybridized carbons (Fsp3) is 0.526. The largest absolute Gasteiger partial charge is 0.627 e. The molecule has 10 nitrogen and oxygen atoms in total. The van der Waals surface area contributed by atoms with Crippen molar-refractivity contribution in [2.75, 3.05) is 42.6 Å². The van der Waals surface area contributed by atoms with E-state index in [0.29, 0.717) is 18.8 Å². The van der Waals surface area contributed by atoms with Crippen molar-refractivity contribution in [2.24, 2.45) is 5.92 Å². The number of halogens is 1. The third-order valence-electron chi connectivity index (χ3n) is 5.37. The first kappa shape index (κ1) is 21.9. The highest BCUT2D eigenvalue weighted by atomic mass is 19.1. The van der Waals surface area contributed by atoms with E-state index in [1.165, 1.54) is 11.0 Å². The van der Waals surface area contributed by atoms with E-state index in [4.69, 9.17) is 9.84 Å². The van der Waals surface area contributed by atoms with Gasteiger partial charge in [-0.2, -0.15) is 0 Å². The molecule has 0 bridgehead atoms. The molecular formula is C19H25FN4O6. The fourth-order valence-corrected chi connectivity index (χ4v) is 3.71. The Morgan fingerprint density at radius 2 is 2.10 bits per heavy atom. The van der Waals surface area contributed by atoms with E-state index in [0.717, 1.165) is 6.92 Å². The number of nitrogens with one attached hydrogen (secondary N) is 2. The molecule has 3 amide bonds. The second kappa shape index (κ2) is 8.94. The summed E-state index contributed by atoms with van der Waals surface area (Å²) in [7, 11) is 0. The molecule has 164 valence electrons. The van der Waals surface area contributed by atoms with Gasteiger partial charge in [-0.15, -0.1) is 0 Å². The van der Waals surface area contributed by atoms with Crippen LogP contribution in [0.5, 0.6) is 0 Å². The lowest BCUT2D eigenvalue weighted by Gasteiger charge is -2.22. The number of benzene rings is 1. The van der Waals surface area contributed by atoms with Gasteiger partial charge in [-0.05, 0) is 24.1 Å². The quantitative estimate of drug-likeness (QED) is 0.501.